The number of aromatic nitrogens is 2. The first-order valence-electron chi connectivity index (χ1n) is 8.70. The van der Waals surface area contributed by atoms with Crippen LogP contribution in [0.3, 0.4) is 0 Å². The molecule has 1 aliphatic heterocycles. The van der Waals surface area contributed by atoms with Crippen molar-refractivity contribution in [1.82, 2.24) is 14.9 Å². The predicted molar refractivity (Wildman–Crippen MR) is 106 cm³/mol. The van der Waals surface area contributed by atoms with Crippen molar-refractivity contribution in [2.24, 2.45) is 0 Å². The molecule has 26 heavy (non-hydrogen) atoms. The molecule has 0 aliphatic carbocycles. The molecule has 0 fully saturated rings. The van der Waals surface area contributed by atoms with Crippen LogP contribution in [-0.2, 0) is 22.6 Å². The second-order valence-electron chi connectivity index (χ2n) is 6.91. The Morgan fingerprint density at radius 3 is 2.85 bits per heavy atom. The fourth-order valence-corrected chi connectivity index (χ4v) is 4.81. The highest BCUT2D eigenvalue weighted by atomic mass is 32.2. The molecule has 0 saturated heterocycles. The Hall–Kier alpha value is -1.83. The van der Waals surface area contributed by atoms with Gasteiger partial charge in [-0.2, -0.15) is 0 Å². The van der Waals surface area contributed by atoms with Gasteiger partial charge in [0.25, 0.3) is 0 Å². The average molecular weight is 387 g/mol. The van der Waals surface area contributed by atoms with Crippen LogP contribution in [0.1, 0.15) is 29.8 Å². The lowest BCUT2D eigenvalue weighted by Gasteiger charge is -2.27. The highest BCUT2D eigenvalue weighted by Crippen LogP contribution is 2.28. The minimum atomic E-state index is -2.72. The monoisotopic (exact) mass is 386 g/mol. The van der Waals surface area contributed by atoms with E-state index in [0.717, 1.165) is 42.7 Å². The van der Waals surface area contributed by atoms with Crippen molar-refractivity contribution < 1.29 is 4.21 Å². The zero-order valence-corrected chi connectivity index (χ0v) is 16.6. The molecule has 0 unspecified atom stereocenters. The number of pyridine rings is 1. The Kier molecular flexibility index (Phi) is 4.54. The third kappa shape index (κ3) is 3.39. The zero-order chi connectivity index (χ0) is 18.3. The summed E-state index contributed by atoms with van der Waals surface area (Å²) in [6, 6.07) is 8.78. The molecule has 7 heteroatoms. The summed E-state index contributed by atoms with van der Waals surface area (Å²) < 4.78 is 21.0. The molecule has 1 aliphatic rings. The first-order valence-corrected chi connectivity index (χ1v) is 11.6. The molecule has 3 heterocycles. The predicted octanol–water partition coefficient (Wildman–Crippen LogP) is 3.89. The van der Waals surface area contributed by atoms with Crippen molar-refractivity contribution in [2.45, 2.75) is 30.7 Å². The van der Waals surface area contributed by atoms with Gasteiger partial charge in [-0.3, -0.25) is 9.88 Å². The van der Waals surface area contributed by atoms with Gasteiger partial charge in [0.1, 0.15) is 0 Å². The topological polar surface area (TPSA) is 69.9 Å². The molecule has 0 radical (unpaired) electrons. The van der Waals surface area contributed by atoms with E-state index in [0.29, 0.717) is 10.9 Å². The number of nitrogens with one attached hydrogen (secondary N) is 1. The minimum absolute atomic E-state index is 0.307. The molecule has 0 amide bonds. The SMILES string of the molecule is C[C@@H](c1ccc2scnc2c1)N1CCc2cc([S@](C)(=N)=O)cnc2CC1. The molecule has 3 aromatic rings. The standard InChI is InChI=1S/C19H22N4OS2/c1-13(14-3-4-19-18(10-14)22-12-25-19)23-7-5-15-9-16(26(2,20)24)11-21-17(15)6-8-23/h3-4,9-13,20H,5-8H2,1-2H3/t13-,26+/m0/s1. The highest BCUT2D eigenvalue weighted by Gasteiger charge is 2.21. The molecular formula is C19H22N4OS2. The van der Waals surface area contributed by atoms with Crippen LogP contribution in [0, 0.1) is 4.78 Å². The van der Waals surface area contributed by atoms with E-state index in [-0.39, 0.29) is 0 Å². The molecule has 1 N–H and O–H groups in total. The highest BCUT2D eigenvalue weighted by molar-refractivity contribution is 7.91. The van der Waals surface area contributed by atoms with Gasteiger partial charge in [-0.05, 0) is 42.7 Å². The van der Waals surface area contributed by atoms with Gasteiger partial charge in [-0.25, -0.2) is 14.0 Å². The van der Waals surface area contributed by atoms with Crippen molar-refractivity contribution in [3.05, 3.63) is 52.8 Å². The van der Waals surface area contributed by atoms with E-state index in [1.54, 1.807) is 17.5 Å². The summed E-state index contributed by atoms with van der Waals surface area (Å²) in [6.45, 7) is 4.11. The van der Waals surface area contributed by atoms with E-state index in [1.807, 2.05) is 11.6 Å². The first-order chi connectivity index (χ1) is 12.4. The molecule has 1 aromatic carbocycles. The number of rotatable bonds is 3. The van der Waals surface area contributed by atoms with Crippen molar-refractivity contribution in [3.8, 4) is 0 Å². The van der Waals surface area contributed by atoms with E-state index in [1.165, 1.54) is 16.5 Å². The maximum atomic E-state index is 12.0. The number of benzene rings is 1. The Bertz CT molecular complexity index is 1060. The normalized spacial score (nSPS) is 18.8. The van der Waals surface area contributed by atoms with Crippen LogP contribution < -0.4 is 0 Å². The number of hydrogen-bond donors (Lipinski definition) is 1. The van der Waals surface area contributed by atoms with Crippen LogP contribution in [0.2, 0.25) is 0 Å². The number of nitrogens with zero attached hydrogens (tertiary/aromatic N) is 3. The van der Waals surface area contributed by atoms with Crippen LogP contribution in [0.4, 0.5) is 0 Å². The quantitative estimate of drug-likeness (QED) is 0.741. The van der Waals surface area contributed by atoms with E-state index in [4.69, 9.17) is 4.78 Å². The van der Waals surface area contributed by atoms with Crippen LogP contribution in [0.5, 0.6) is 0 Å². The maximum absolute atomic E-state index is 12.0. The Labute approximate surface area is 158 Å². The van der Waals surface area contributed by atoms with Crippen molar-refractivity contribution in [1.29, 1.82) is 4.78 Å². The average Bonchev–Trinajstić information content (AvgIpc) is 2.98. The summed E-state index contributed by atoms with van der Waals surface area (Å²) in [5.74, 6) is 0. The van der Waals surface area contributed by atoms with E-state index in [9.17, 15) is 4.21 Å². The van der Waals surface area contributed by atoms with Gasteiger partial charge in [-0.1, -0.05) is 6.07 Å². The fraction of sp³-hybridized carbons (Fsp3) is 0.368. The number of hydrogen-bond acceptors (Lipinski definition) is 6. The second-order valence-corrected chi connectivity index (χ2v) is 9.96. The smallest absolute Gasteiger partial charge is 0.0815 e. The molecule has 2 aromatic heterocycles. The third-order valence-electron chi connectivity index (χ3n) is 5.17. The summed E-state index contributed by atoms with van der Waals surface area (Å²) in [7, 11) is -2.72. The van der Waals surface area contributed by atoms with Gasteiger partial charge in [-0.15, -0.1) is 11.3 Å². The van der Waals surface area contributed by atoms with Gasteiger partial charge in [0.15, 0.2) is 0 Å². The molecular weight excluding hydrogens is 364 g/mol. The van der Waals surface area contributed by atoms with Gasteiger partial charge >= 0.3 is 0 Å². The van der Waals surface area contributed by atoms with Gasteiger partial charge in [0.05, 0.1) is 30.4 Å². The van der Waals surface area contributed by atoms with Crippen LogP contribution >= 0.6 is 11.3 Å². The molecule has 5 nitrogen and oxygen atoms in total. The van der Waals surface area contributed by atoms with Crippen molar-refractivity contribution in [2.75, 3.05) is 19.3 Å². The van der Waals surface area contributed by atoms with Crippen LogP contribution in [0.25, 0.3) is 10.2 Å². The van der Waals surface area contributed by atoms with E-state index >= 15 is 0 Å². The maximum Gasteiger partial charge on any atom is 0.0815 e. The Morgan fingerprint density at radius 2 is 2.04 bits per heavy atom. The summed E-state index contributed by atoms with van der Waals surface area (Å²) >= 11 is 1.67. The molecule has 0 saturated carbocycles. The van der Waals surface area contributed by atoms with Crippen molar-refractivity contribution in [3.63, 3.8) is 0 Å². The number of fused-ring (bicyclic) bond motifs is 2. The third-order valence-corrected chi connectivity index (χ3v) is 7.11. The zero-order valence-electron chi connectivity index (χ0n) is 14.9. The number of thiazole rings is 1. The van der Waals surface area contributed by atoms with E-state index < -0.39 is 9.73 Å². The van der Waals surface area contributed by atoms with Crippen LogP contribution in [-0.4, -0.2) is 38.4 Å². The largest absolute Gasteiger partial charge is 0.296 e. The Balaban J connectivity index is 1.56. The minimum Gasteiger partial charge on any atom is -0.296 e. The summed E-state index contributed by atoms with van der Waals surface area (Å²) in [6.07, 6.45) is 4.82. The first kappa shape index (κ1) is 17.6. The van der Waals surface area contributed by atoms with Gasteiger partial charge in [0, 0.05) is 43.7 Å². The Morgan fingerprint density at radius 1 is 1.23 bits per heavy atom. The summed E-state index contributed by atoms with van der Waals surface area (Å²) in [5, 5.41) is 0. The lowest BCUT2D eigenvalue weighted by Crippen LogP contribution is -2.29. The molecule has 0 spiro atoms. The van der Waals surface area contributed by atoms with Gasteiger partial charge in [0.2, 0.25) is 0 Å². The van der Waals surface area contributed by atoms with Gasteiger partial charge < -0.3 is 0 Å². The molecule has 136 valence electrons. The van der Waals surface area contributed by atoms with Crippen molar-refractivity contribution >= 4 is 31.3 Å². The lowest BCUT2D eigenvalue weighted by atomic mass is 10.1. The molecule has 0 bridgehead atoms. The lowest BCUT2D eigenvalue weighted by molar-refractivity contribution is 0.221. The second kappa shape index (κ2) is 6.72. The molecule has 4 rings (SSSR count). The molecule has 2 atom stereocenters. The summed E-state index contributed by atoms with van der Waals surface area (Å²) in [4.78, 5) is 12.0. The van der Waals surface area contributed by atoms with Crippen LogP contribution in [0.15, 0.2) is 40.9 Å². The summed E-state index contributed by atoms with van der Waals surface area (Å²) in [5.41, 5.74) is 6.45. The fourth-order valence-electron chi connectivity index (χ4n) is 3.53. The van der Waals surface area contributed by atoms with E-state index in [2.05, 4.69) is 40.0 Å².